The van der Waals surface area contributed by atoms with E-state index in [1.807, 2.05) is 12.1 Å². The summed E-state index contributed by atoms with van der Waals surface area (Å²) < 4.78 is 1.78. The van der Waals surface area contributed by atoms with E-state index in [2.05, 4.69) is 90.8 Å². The molecule has 0 N–H and O–H groups in total. The molecule has 4 nitrogen and oxygen atoms in total. The quantitative estimate of drug-likeness (QED) is 0.674. The normalized spacial score (nSPS) is 10.2. The van der Waals surface area contributed by atoms with Gasteiger partial charge in [0.25, 0.3) is 0 Å². The van der Waals surface area contributed by atoms with Crippen molar-refractivity contribution in [1.82, 2.24) is 8.97 Å². The smallest absolute Gasteiger partial charge is 0.132 e. The van der Waals surface area contributed by atoms with Crippen LogP contribution in [0.25, 0.3) is 0 Å². The van der Waals surface area contributed by atoms with Gasteiger partial charge in [0.15, 0.2) is 0 Å². The summed E-state index contributed by atoms with van der Waals surface area (Å²) in [5.41, 5.74) is 2.67. The van der Waals surface area contributed by atoms with Crippen molar-refractivity contribution in [2.45, 2.75) is 6.92 Å². The van der Waals surface area contributed by atoms with Crippen LogP contribution in [-0.4, -0.2) is 48.3 Å². The third-order valence-electron chi connectivity index (χ3n) is 3.06. The Bertz CT molecular complexity index is 535. The van der Waals surface area contributed by atoms with Crippen LogP contribution in [0, 0.1) is 0 Å². The first-order valence-corrected chi connectivity index (χ1v) is 7.86. The standard InChI is InChI=1S/2C9H14N.C2H4O2.ClH/c2*1-10(2,3)9-7-5-4-6-8-9;1-2(3)4;/h2*4-8H,1-3H3;1H3,(H,3,4);1H/q2*+1;;/p-2. The van der Waals surface area contributed by atoms with Crippen molar-refractivity contribution in [2.75, 3.05) is 42.3 Å². The second-order valence-electron chi connectivity index (χ2n) is 7.19. The van der Waals surface area contributed by atoms with Crippen molar-refractivity contribution in [3.63, 3.8) is 0 Å². The number of nitrogens with zero attached hydrogens (tertiary/aromatic N) is 2. The molecular formula is C20H31ClN2O2. The zero-order chi connectivity index (χ0) is 18.8. The molecule has 0 fully saturated rings. The Morgan fingerprint density at radius 1 is 0.680 bits per heavy atom. The summed E-state index contributed by atoms with van der Waals surface area (Å²) in [5, 5.41) is 8.89. The number of para-hydroxylation sites is 2. The highest BCUT2D eigenvalue weighted by Crippen LogP contribution is 2.14. The second kappa shape index (κ2) is 11.6. The molecule has 0 aliphatic rings. The molecule has 0 spiro atoms. The Hall–Kier alpha value is -1.88. The molecule has 140 valence electrons. The minimum Gasteiger partial charge on any atom is -1.00 e. The summed E-state index contributed by atoms with van der Waals surface area (Å²) in [6.07, 6.45) is 0. The van der Waals surface area contributed by atoms with Gasteiger partial charge in [0, 0.05) is 5.97 Å². The van der Waals surface area contributed by atoms with E-state index in [9.17, 15) is 0 Å². The average Bonchev–Trinajstić information content (AvgIpc) is 2.47. The zero-order valence-electron chi connectivity index (χ0n) is 16.4. The highest BCUT2D eigenvalue weighted by atomic mass is 35.5. The maximum atomic E-state index is 8.89. The van der Waals surface area contributed by atoms with Gasteiger partial charge in [-0.25, -0.2) is 0 Å². The number of halogens is 1. The lowest BCUT2D eigenvalue weighted by Gasteiger charge is -2.22. The van der Waals surface area contributed by atoms with Gasteiger partial charge in [-0.1, -0.05) is 36.4 Å². The number of hydrogen-bond acceptors (Lipinski definition) is 2. The number of carbonyl (C=O) groups is 1. The lowest BCUT2D eigenvalue weighted by atomic mass is 10.3. The van der Waals surface area contributed by atoms with Gasteiger partial charge in [-0.3, -0.25) is 8.97 Å². The van der Waals surface area contributed by atoms with Crippen molar-refractivity contribution in [2.24, 2.45) is 0 Å². The summed E-state index contributed by atoms with van der Waals surface area (Å²) in [6.45, 7) is 0.972. The maximum Gasteiger partial charge on any atom is 0.132 e. The van der Waals surface area contributed by atoms with Gasteiger partial charge >= 0.3 is 0 Å². The van der Waals surface area contributed by atoms with Gasteiger partial charge in [0.2, 0.25) is 0 Å². The first kappa shape index (κ1) is 25.4. The third-order valence-corrected chi connectivity index (χ3v) is 3.06. The minimum absolute atomic E-state index is 0. The van der Waals surface area contributed by atoms with Crippen LogP contribution >= 0.6 is 0 Å². The van der Waals surface area contributed by atoms with Gasteiger partial charge < -0.3 is 22.3 Å². The Morgan fingerprint density at radius 3 is 1.00 bits per heavy atom. The largest absolute Gasteiger partial charge is 1.00 e. The summed E-state index contributed by atoms with van der Waals surface area (Å²) in [5.74, 6) is -1.08. The fourth-order valence-corrected chi connectivity index (χ4v) is 1.75. The van der Waals surface area contributed by atoms with Crippen molar-refractivity contribution in [3.8, 4) is 0 Å². The van der Waals surface area contributed by atoms with Crippen LogP contribution in [0.15, 0.2) is 60.7 Å². The maximum absolute atomic E-state index is 8.89. The monoisotopic (exact) mass is 366 g/mol. The van der Waals surface area contributed by atoms with E-state index in [-0.39, 0.29) is 12.4 Å². The van der Waals surface area contributed by atoms with Gasteiger partial charge in [-0.05, 0) is 31.2 Å². The van der Waals surface area contributed by atoms with E-state index in [0.717, 1.165) is 15.9 Å². The third kappa shape index (κ3) is 13.1. The van der Waals surface area contributed by atoms with Crippen LogP contribution < -0.4 is 26.5 Å². The average molecular weight is 367 g/mol. The molecule has 0 bridgehead atoms. The fourth-order valence-electron chi connectivity index (χ4n) is 1.75. The number of hydrogen-bond donors (Lipinski definition) is 0. The molecule has 0 aliphatic heterocycles. The highest BCUT2D eigenvalue weighted by Gasteiger charge is 2.09. The molecule has 0 unspecified atom stereocenters. The van der Waals surface area contributed by atoms with Crippen LogP contribution in [0.2, 0.25) is 0 Å². The van der Waals surface area contributed by atoms with E-state index in [1.54, 1.807) is 0 Å². The van der Waals surface area contributed by atoms with Gasteiger partial charge in [0.05, 0.1) is 42.3 Å². The number of rotatable bonds is 2. The number of quaternary nitrogens is 2. The van der Waals surface area contributed by atoms with Gasteiger partial charge in [-0.2, -0.15) is 0 Å². The SMILES string of the molecule is CC(=O)[O-].C[N+](C)(C)c1ccccc1.C[N+](C)(C)c1ccccc1.[Cl-]. The summed E-state index contributed by atoms with van der Waals surface area (Å²) in [6, 6.07) is 20.9. The topological polar surface area (TPSA) is 40.1 Å². The molecule has 2 rings (SSSR count). The molecule has 2 aromatic rings. The molecule has 0 aliphatic carbocycles. The fraction of sp³-hybridized carbons (Fsp3) is 0.350. The van der Waals surface area contributed by atoms with Crippen LogP contribution in [0.4, 0.5) is 11.4 Å². The van der Waals surface area contributed by atoms with Crippen molar-refractivity contribution in [1.29, 1.82) is 0 Å². The van der Waals surface area contributed by atoms with Crippen molar-refractivity contribution < 1.29 is 22.3 Å². The summed E-state index contributed by atoms with van der Waals surface area (Å²) in [7, 11) is 13.0. The highest BCUT2D eigenvalue weighted by molar-refractivity contribution is 5.60. The Morgan fingerprint density at radius 2 is 0.880 bits per heavy atom. The molecule has 0 saturated carbocycles. The number of carboxylic acids is 1. The van der Waals surface area contributed by atoms with E-state index in [1.165, 1.54) is 11.4 Å². The summed E-state index contributed by atoms with van der Waals surface area (Å²) >= 11 is 0. The number of carboxylic acid groups (broad SMARTS) is 1. The van der Waals surface area contributed by atoms with Crippen LogP contribution in [-0.2, 0) is 4.79 Å². The zero-order valence-corrected chi connectivity index (χ0v) is 17.1. The Kier molecular flexibility index (Phi) is 11.8. The van der Waals surface area contributed by atoms with E-state index in [0.29, 0.717) is 0 Å². The van der Waals surface area contributed by atoms with E-state index >= 15 is 0 Å². The molecule has 0 amide bonds. The van der Waals surface area contributed by atoms with E-state index < -0.39 is 5.97 Å². The second-order valence-corrected chi connectivity index (χ2v) is 7.19. The van der Waals surface area contributed by atoms with Crippen LogP contribution in [0.5, 0.6) is 0 Å². The molecule has 0 atom stereocenters. The minimum atomic E-state index is -1.08. The van der Waals surface area contributed by atoms with Crippen molar-refractivity contribution >= 4 is 17.3 Å². The molecule has 5 heteroatoms. The first-order valence-electron chi connectivity index (χ1n) is 7.86. The predicted octanol–water partition coefficient (Wildman–Crippen LogP) is -0.473. The van der Waals surface area contributed by atoms with Gasteiger partial charge in [-0.15, -0.1) is 0 Å². The molecular weight excluding hydrogens is 336 g/mol. The predicted molar refractivity (Wildman–Crippen MR) is 103 cm³/mol. The number of carbonyl (C=O) groups excluding carboxylic acids is 1. The molecule has 0 radical (unpaired) electrons. The van der Waals surface area contributed by atoms with Crippen LogP contribution in [0.1, 0.15) is 6.92 Å². The lowest BCUT2D eigenvalue weighted by Crippen LogP contribution is -3.00. The Balaban J connectivity index is 0. The van der Waals surface area contributed by atoms with Crippen molar-refractivity contribution in [3.05, 3.63) is 60.7 Å². The molecule has 0 saturated heterocycles. The van der Waals surface area contributed by atoms with E-state index in [4.69, 9.17) is 9.90 Å². The Labute approximate surface area is 158 Å². The lowest BCUT2D eigenvalue weighted by molar-refractivity contribution is -0.302. The molecule has 25 heavy (non-hydrogen) atoms. The van der Waals surface area contributed by atoms with Gasteiger partial charge in [0.1, 0.15) is 11.4 Å². The van der Waals surface area contributed by atoms with Crippen LogP contribution in [0.3, 0.4) is 0 Å². The number of aliphatic carboxylic acids is 1. The summed E-state index contributed by atoms with van der Waals surface area (Å²) in [4.78, 5) is 8.89. The number of benzene rings is 2. The molecule has 0 heterocycles. The molecule has 2 aromatic carbocycles. The molecule has 0 aromatic heterocycles. The first-order chi connectivity index (χ1) is 10.9.